The molecule has 6 rings (SSSR count). The third kappa shape index (κ3) is 5.74. The molecule has 35 heavy (non-hydrogen) atoms. The largest absolute Gasteiger partial charge is 0.377 e. The van der Waals surface area contributed by atoms with Crippen LogP contribution in [0.3, 0.4) is 0 Å². The highest BCUT2D eigenvalue weighted by Gasteiger charge is 2.19. The molecule has 2 N–H and O–H groups in total. The Bertz CT molecular complexity index is 1180. The maximum absolute atomic E-state index is 12.5. The molecule has 1 amide bonds. The first-order valence-electron chi connectivity index (χ1n) is 12.3. The van der Waals surface area contributed by atoms with Gasteiger partial charge in [0, 0.05) is 54.8 Å². The van der Waals surface area contributed by atoms with Crippen molar-refractivity contribution in [3.8, 4) is 11.3 Å². The summed E-state index contributed by atoms with van der Waals surface area (Å²) in [5.74, 6) is 0.410. The number of benzene rings is 2. The maximum atomic E-state index is 12.5. The van der Waals surface area contributed by atoms with Crippen LogP contribution in [0.25, 0.3) is 11.3 Å². The van der Waals surface area contributed by atoms with Crippen molar-refractivity contribution in [3.05, 3.63) is 64.8 Å². The van der Waals surface area contributed by atoms with Gasteiger partial charge in [-0.15, -0.1) is 0 Å². The Hall–Kier alpha value is -3.16. The van der Waals surface area contributed by atoms with E-state index in [1.54, 1.807) is 6.20 Å². The number of nitrogens with one attached hydrogen (secondary N) is 2. The van der Waals surface area contributed by atoms with E-state index in [2.05, 4.69) is 31.6 Å². The summed E-state index contributed by atoms with van der Waals surface area (Å²) >= 11 is 6.84. The molecule has 182 valence electrons. The number of anilines is 3. The van der Waals surface area contributed by atoms with Crippen molar-refractivity contribution in [2.75, 3.05) is 36.5 Å². The number of amides is 1. The normalized spacial score (nSPS) is 17.1. The first kappa shape index (κ1) is 23.6. The summed E-state index contributed by atoms with van der Waals surface area (Å²) in [5, 5.41) is 7.02. The molecule has 1 saturated heterocycles. The Balaban J connectivity index is 1.48. The second-order valence-corrected chi connectivity index (χ2v) is 9.40. The summed E-state index contributed by atoms with van der Waals surface area (Å²) in [6, 6.07) is 13.4. The monoisotopic (exact) mass is 491 g/mol. The lowest BCUT2D eigenvalue weighted by molar-refractivity contribution is 0.0946. The van der Waals surface area contributed by atoms with Gasteiger partial charge >= 0.3 is 0 Å². The van der Waals surface area contributed by atoms with E-state index >= 15 is 0 Å². The molecule has 0 radical (unpaired) electrons. The Kier molecular flexibility index (Phi) is 7.45. The number of nitrogens with zero attached hydrogens (tertiary/aromatic N) is 3. The van der Waals surface area contributed by atoms with Gasteiger partial charge in [0.1, 0.15) is 0 Å². The summed E-state index contributed by atoms with van der Waals surface area (Å²) in [4.78, 5) is 23.9. The molecule has 1 aromatic heterocycles. The number of hydrogen-bond acceptors (Lipinski definition) is 6. The highest BCUT2D eigenvalue weighted by molar-refractivity contribution is 6.33. The van der Waals surface area contributed by atoms with E-state index in [4.69, 9.17) is 16.3 Å². The van der Waals surface area contributed by atoms with Gasteiger partial charge in [0.2, 0.25) is 5.95 Å². The predicted molar refractivity (Wildman–Crippen MR) is 139 cm³/mol. The lowest BCUT2D eigenvalue weighted by Crippen LogP contribution is -2.30. The van der Waals surface area contributed by atoms with Crippen LogP contribution < -0.4 is 15.5 Å². The predicted octanol–water partition coefficient (Wildman–Crippen LogP) is 5.57. The van der Waals surface area contributed by atoms with Crippen LogP contribution in [0.15, 0.2) is 48.7 Å². The lowest BCUT2D eigenvalue weighted by atomic mass is 10.1. The van der Waals surface area contributed by atoms with Crippen molar-refractivity contribution in [1.29, 1.82) is 0 Å². The highest BCUT2D eigenvalue weighted by Crippen LogP contribution is 2.36. The minimum atomic E-state index is -0.0720. The van der Waals surface area contributed by atoms with Gasteiger partial charge in [-0.25, -0.2) is 9.97 Å². The van der Waals surface area contributed by atoms with E-state index in [1.165, 1.54) is 19.3 Å². The Morgan fingerprint density at radius 2 is 1.74 bits per heavy atom. The van der Waals surface area contributed by atoms with E-state index in [0.717, 1.165) is 54.1 Å². The van der Waals surface area contributed by atoms with E-state index in [9.17, 15) is 4.79 Å². The standard InChI is InChI=1S/C27H30ClN5O2/c28-23-17-22-16-21(25(23)33-13-3-1-4-14-33)18-35-15-5-2-11-29-26(34)20-8-6-19(7-9-20)24-10-12-30-27(31-22)32-24/h6-10,12,16-17H,1-5,11,13-15,18H2,(H,29,34)(H,30,31,32). The maximum Gasteiger partial charge on any atom is 0.251 e. The molecule has 3 aromatic rings. The van der Waals surface area contributed by atoms with Gasteiger partial charge in [-0.3, -0.25) is 4.79 Å². The molecule has 8 heteroatoms. The number of halogens is 1. The second-order valence-electron chi connectivity index (χ2n) is 9.00. The molecule has 1 fully saturated rings. The number of ether oxygens (including phenoxy) is 1. The fourth-order valence-electron chi connectivity index (χ4n) is 4.63. The molecule has 6 bridgehead atoms. The molecule has 2 aromatic carbocycles. The van der Waals surface area contributed by atoms with Crippen molar-refractivity contribution in [2.24, 2.45) is 0 Å². The van der Waals surface area contributed by atoms with Crippen molar-refractivity contribution < 1.29 is 9.53 Å². The minimum Gasteiger partial charge on any atom is -0.377 e. The summed E-state index contributed by atoms with van der Waals surface area (Å²) in [6.07, 6.45) is 7.04. The average molecular weight is 492 g/mol. The van der Waals surface area contributed by atoms with Gasteiger partial charge in [0.25, 0.3) is 5.91 Å². The van der Waals surface area contributed by atoms with Crippen LogP contribution in [0.2, 0.25) is 5.02 Å². The van der Waals surface area contributed by atoms with Gasteiger partial charge in [-0.05, 0) is 62.4 Å². The molecule has 3 aliphatic rings. The van der Waals surface area contributed by atoms with Gasteiger partial charge in [-0.2, -0.15) is 0 Å². The second kappa shape index (κ2) is 11.1. The van der Waals surface area contributed by atoms with Gasteiger partial charge < -0.3 is 20.3 Å². The molecule has 0 spiro atoms. The van der Waals surface area contributed by atoms with Crippen LogP contribution in [-0.2, 0) is 11.3 Å². The van der Waals surface area contributed by atoms with Crippen LogP contribution in [0.5, 0.6) is 0 Å². The third-order valence-electron chi connectivity index (χ3n) is 6.43. The summed E-state index contributed by atoms with van der Waals surface area (Å²) < 4.78 is 6.06. The number of piperidine rings is 1. The molecule has 4 heterocycles. The van der Waals surface area contributed by atoms with Crippen molar-refractivity contribution in [3.63, 3.8) is 0 Å². The Labute approximate surface area is 210 Å². The quantitative estimate of drug-likeness (QED) is 0.463. The zero-order chi connectivity index (χ0) is 24.0. The van der Waals surface area contributed by atoms with Crippen LogP contribution in [-0.4, -0.2) is 42.1 Å². The molecule has 7 nitrogen and oxygen atoms in total. The molecular weight excluding hydrogens is 462 g/mol. The summed E-state index contributed by atoms with van der Waals surface area (Å²) in [7, 11) is 0. The molecule has 0 saturated carbocycles. The Morgan fingerprint density at radius 3 is 2.57 bits per heavy atom. The van der Waals surface area contributed by atoms with E-state index in [1.807, 2.05) is 36.4 Å². The number of fused-ring (bicyclic) bond motifs is 9. The zero-order valence-electron chi connectivity index (χ0n) is 19.7. The average Bonchev–Trinajstić information content (AvgIpc) is 2.88. The lowest BCUT2D eigenvalue weighted by Gasteiger charge is -2.32. The van der Waals surface area contributed by atoms with Gasteiger partial charge in [0.05, 0.1) is 23.0 Å². The van der Waals surface area contributed by atoms with Crippen molar-refractivity contribution >= 4 is 34.8 Å². The minimum absolute atomic E-state index is 0.0720. The third-order valence-corrected chi connectivity index (χ3v) is 6.72. The molecular formula is C27H30ClN5O2. The zero-order valence-corrected chi connectivity index (χ0v) is 20.5. The highest BCUT2D eigenvalue weighted by atomic mass is 35.5. The summed E-state index contributed by atoms with van der Waals surface area (Å²) in [5.41, 5.74) is 5.26. The molecule has 0 atom stereocenters. The van der Waals surface area contributed by atoms with Crippen LogP contribution in [0.4, 0.5) is 17.3 Å². The van der Waals surface area contributed by atoms with E-state index < -0.39 is 0 Å². The number of rotatable bonds is 1. The Morgan fingerprint density at radius 1 is 0.943 bits per heavy atom. The fourth-order valence-corrected chi connectivity index (χ4v) is 4.98. The smallest absolute Gasteiger partial charge is 0.251 e. The number of hydrogen-bond donors (Lipinski definition) is 2. The van der Waals surface area contributed by atoms with Gasteiger partial charge in [0.15, 0.2) is 0 Å². The SMILES string of the molecule is O=C1NCCCCOCc2cc(cc(Cl)c2N2CCCCC2)Nc2nccc(n2)-c2ccc1cc2. The number of carbonyl (C=O) groups excluding carboxylic acids is 1. The van der Waals surface area contributed by atoms with E-state index in [-0.39, 0.29) is 5.91 Å². The molecule has 3 aliphatic heterocycles. The number of carbonyl (C=O) groups is 1. The van der Waals surface area contributed by atoms with Crippen LogP contribution in [0, 0.1) is 0 Å². The molecule has 0 unspecified atom stereocenters. The van der Waals surface area contributed by atoms with Crippen LogP contribution in [0.1, 0.15) is 48.0 Å². The van der Waals surface area contributed by atoms with Crippen molar-refractivity contribution in [2.45, 2.75) is 38.7 Å². The first-order valence-corrected chi connectivity index (χ1v) is 12.7. The molecule has 0 aliphatic carbocycles. The fraction of sp³-hybridized carbons (Fsp3) is 0.370. The summed E-state index contributed by atoms with van der Waals surface area (Å²) in [6.45, 7) is 3.71. The van der Waals surface area contributed by atoms with Crippen molar-refractivity contribution in [1.82, 2.24) is 15.3 Å². The van der Waals surface area contributed by atoms with Gasteiger partial charge in [-0.1, -0.05) is 23.7 Å². The first-order chi connectivity index (χ1) is 17.2. The van der Waals surface area contributed by atoms with Crippen LogP contribution >= 0.6 is 11.6 Å². The number of aromatic nitrogens is 2. The van der Waals surface area contributed by atoms with E-state index in [0.29, 0.717) is 36.3 Å². The topological polar surface area (TPSA) is 79.4 Å².